The van der Waals surface area contributed by atoms with Crippen LogP contribution in [0.15, 0.2) is 60.7 Å². The molecule has 0 bridgehead atoms. The van der Waals surface area contributed by atoms with Gasteiger partial charge in [-0.05, 0) is 37.1 Å². The van der Waals surface area contributed by atoms with Gasteiger partial charge in [-0.25, -0.2) is 9.97 Å². The lowest BCUT2D eigenvalue weighted by Gasteiger charge is -2.05. The van der Waals surface area contributed by atoms with Crippen molar-refractivity contribution in [3.63, 3.8) is 0 Å². The summed E-state index contributed by atoms with van der Waals surface area (Å²) in [5.41, 5.74) is 16.2. The van der Waals surface area contributed by atoms with Gasteiger partial charge in [-0.2, -0.15) is 0 Å². The molecule has 2 aromatic heterocycles. The van der Waals surface area contributed by atoms with Crippen LogP contribution in [0.1, 0.15) is 25.7 Å². The summed E-state index contributed by atoms with van der Waals surface area (Å²) in [6, 6.07) is 19.6. The Labute approximate surface area is 219 Å². The molecule has 0 radical (unpaired) electrons. The van der Waals surface area contributed by atoms with Crippen LogP contribution in [0.25, 0.3) is 44.8 Å². The van der Waals surface area contributed by atoms with E-state index in [1.54, 1.807) is 0 Å². The van der Waals surface area contributed by atoms with Gasteiger partial charge in [0.1, 0.15) is 23.1 Å². The first-order valence-electron chi connectivity index (χ1n) is 12.5. The van der Waals surface area contributed by atoms with Gasteiger partial charge in [0.25, 0.3) is 0 Å². The number of imidazole rings is 2. The van der Waals surface area contributed by atoms with E-state index >= 15 is 0 Å². The van der Waals surface area contributed by atoms with Crippen molar-refractivity contribution in [3.05, 3.63) is 60.7 Å². The minimum atomic E-state index is 0.172. The topological polar surface area (TPSA) is 176 Å². The lowest BCUT2D eigenvalue weighted by Crippen LogP contribution is -2.10. The predicted octanol–water partition coefficient (Wildman–Crippen LogP) is 4.96. The van der Waals surface area contributed by atoms with Gasteiger partial charge >= 0.3 is 0 Å². The Morgan fingerprint density at radius 2 is 1.08 bits per heavy atom. The van der Waals surface area contributed by atoms with Crippen LogP contribution in [0.3, 0.4) is 0 Å². The quantitative estimate of drug-likeness (QED) is 0.0785. The Hall–Kier alpha value is -4.86. The standard InChI is InChI=1S/C28H30N8O2/c29-25(30)3-1-13-37-19-9-11-21-23(15-19)35-27(33-21)17-5-7-18(8-6-17)28-34-22-12-10-20(16-24(22)36-28)38-14-2-4-26(31)32/h5-12,15-16H,1-4,13-14H2,(H3,29,30)(H3,31,32)(H,33,35)(H,34,36). The fourth-order valence-corrected chi connectivity index (χ4v) is 4.12. The molecule has 10 nitrogen and oxygen atoms in total. The molecule has 0 unspecified atom stereocenters. The fraction of sp³-hybridized carbons (Fsp3) is 0.214. The van der Waals surface area contributed by atoms with Crippen LogP contribution in [0, 0.1) is 10.8 Å². The fourth-order valence-electron chi connectivity index (χ4n) is 4.12. The second-order valence-electron chi connectivity index (χ2n) is 9.06. The number of aromatic amines is 2. The SMILES string of the molecule is N=C(N)CCCOc1ccc2nc(-c3ccc(-c4nc5ccc(OCCCC(=N)N)cc5[nH]4)cc3)[nH]c2c1. The predicted molar refractivity (Wildman–Crippen MR) is 150 cm³/mol. The minimum Gasteiger partial charge on any atom is -0.494 e. The zero-order chi connectivity index (χ0) is 26.5. The summed E-state index contributed by atoms with van der Waals surface area (Å²) in [6.07, 6.45) is 2.46. The first kappa shape index (κ1) is 24.8. The van der Waals surface area contributed by atoms with E-state index < -0.39 is 0 Å². The monoisotopic (exact) mass is 510 g/mol. The molecule has 5 rings (SSSR count). The number of nitrogens with one attached hydrogen (secondary N) is 4. The third-order valence-electron chi connectivity index (χ3n) is 6.06. The number of hydrogen-bond donors (Lipinski definition) is 6. The van der Waals surface area contributed by atoms with Gasteiger partial charge in [0.15, 0.2) is 0 Å². The van der Waals surface area contributed by atoms with Crippen LogP contribution in [-0.2, 0) is 0 Å². The molecule has 3 aromatic carbocycles. The maximum absolute atomic E-state index is 7.29. The molecule has 0 atom stereocenters. The molecule has 0 saturated heterocycles. The highest BCUT2D eigenvalue weighted by Crippen LogP contribution is 2.28. The number of nitrogens with two attached hydrogens (primary N) is 2. The highest BCUT2D eigenvalue weighted by Gasteiger charge is 2.10. The maximum atomic E-state index is 7.29. The van der Waals surface area contributed by atoms with Crippen LogP contribution in [-0.4, -0.2) is 44.8 Å². The van der Waals surface area contributed by atoms with Crippen LogP contribution < -0.4 is 20.9 Å². The molecule has 0 aliphatic carbocycles. The summed E-state index contributed by atoms with van der Waals surface area (Å²) >= 11 is 0. The molecular weight excluding hydrogens is 480 g/mol. The number of nitrogens with zero attached hydrogens (tertiary/aromatic N) is 2. The molecule has 0 spiro atoms. The van der Waals surface area contributed by atoms with Gasteiger partial charge < -0.3 is 30.9 Å². The van der Waals surface area contributed by atoms with Crippen molar-refractivity contribution in [2.24, 2.45) is 11.5 Å². The Morgan fingerprint density at radius 1 is 0.658 bits per heavy atom. The minimum absolute atomic E-state index is 0.172. The second-order valence-corrected chi connectivity index (χ2v) is 9.06. The average Bonchev–Trinajstić information content (AvgIpc) is 3.53. The normalized spacial score (nSPS) is 11.2. The molecule has 5 aromatic rings. The van der Waals surface area contributed by atoms with Gasteiger partial charge in [-0.1, -0.05) is 24.3 Å². The number of rotatable bonds is 12. The summed E-state index contributed by atoms with van der Waals surface area (Å²) in [6.45, 7) is 1.01. The van der Waals surface area contributed by atoms with Crippen LogP contribution >= 0.6 is 0 Å². The summed E-state index contributed by atoms with van der Waals surface area (Å²) in [5, 5.41) is 14.6. The largest absolute Gasteiger partial charge is 0.494 e. The van der Waals surface area contributed by atoms with Crippen molar-refractivity contribution in [1.82, 2.24) is 19.9 Å². The average molecular weight is 511 g/mol. The van der Waals surface area contributed by atoms with E-state index in [0.717, 1.165) is 56.3 Å². The van der Waals surface area contributed by atoms with Gasteiger partial charge in [0, 0.05) is 36.1 Å². The molecule has 0 amide bonds. The summed E-state index contributed by atoms with van der Waals surface area (Å²) < 4.78 is 11.6. The summed E-state index contributed by atoms with van der Waals surface area (Å²) in [4.78, 5) is 16.2. The molecule has 2 heterocycles. The number of H-pyrrole nitrogens is 2. The first-order valence-corrected chi connectivity index (χ1v) is 12.5. The van der Waals surface area contributed by atoms with E-state index in [2.05, 4.69) is 9.97 Å². The zero-order valence-electron chi connectivity index (χ0n) is 20.9. The van der Waals surface area contributed by atoms with Crippen LogP contribution in [0.4, 0.5) is 0 Å². The van der Waals surface area contributed by atoms with Gasteiger partial charge in [-0.3, -0.25) is 10.8 Å². The third-order valence-corrected chi connectivity index (χ3v) is 6.06. The van der Waals surface area contributed by atoms with Crippen molar-refractivity contribution >= 4 is 33.7 Å². The highest BCUT2D eigenvalue weighted by atomic mass is 16.5. The molecule has 0 fully saturated rings. The number of aromatic nitrogens is 4. The molecule has 194 valence electrons. The van der Waals surface area contributed by atoms with Gasteiger partial charge in [0.05, 0.1) is 47.0 Å². The van der Waals surface area contributed by atoms with E-state index in [9.17, 15) is 0 Å². The van der Waals surface area contributed by atoms with Crippen molar-refractivity contribution < 1.29 is 9.47 Å². The van der Waals surface area contributed by atoms with Crippen molar-refractivity contribution in [1.29, 1.82) is 10.8 Å². The summed E-state index contributed by atoms with van der Waals surface area (Å²) in [7, 11) is 0. The van der Waals surface area contributed by atoms with E-state index in [4.69, 9.17) is 41.7 Å². The van der Waals surface area contributed by atoms with E-state index in [1.807, 2.05) is 60.7 Å². The van der Waals surface area contributed by atoms with Crippen molar-refractivity contribution in [2.75, 3.05) is 13.2 Å². The Kier molecular flexibility index (Phi) is 7.21. The number of ether oxygens (including phenoxy) is 2. The van der Waals surface area contributed by atoms with Crippen LogP contribution in [0.2, 0.25) is 0 Å². The van der Waals surface area contributed by atoms with Gasteiger partial charge in [-0.15, -0.1) is 0 Å². The Morgan fingerprint density at radius 3 is 1.47 bits per heavy atom. The Bertz CT molecular complexity index is 1470. The van der Waals surface area contributed by atoms with Crippen molar-refractivity contribution in [3.8, 4) is 34.3 Å². The van der Waals surface area contributed by atoms with Crippen molar-refractivity contribution in [2.45, 2.75) is 25.7 Å². The number of benzene rings is 3. The van der Waals surface area contributed by atoms with E-state index in [-0.39, 0.29) is 11.7 Å². The zero-order valence-corrected chi connectivity index (χ0v) is 20.9. The summed E-state index contributed by atoms with van der Waals surface area (Å²) in [5.74, 6) is 3.40. The van der Waals surface area contributed by atoms with Crippen LogP contribution in [0.5, 0.6) is 11.5 Å². The number of amidine groups is 2. The lowest BCUT2D eigenvalue weighted by molar-refractivity contribution is 0.313. The molecule has 8 N–H and O–H groups in total. The second kappa shape index (κ2) is 11.0. The lowest BCUT2D eigenvalue weighted by atomic mass is 10.1. The van der Waals surface area contributed by atoms with Gasteiger partial charge in [0.2, 0.25) is 0 Å². The van der Waals surface area contributed by atoms with E-state index in [1.165, 1.54) is 0 Å². The maximum Gasteiger partial charge on any atom is 0.138 e. The molecule has 0 aliphatic heterocycles. The molecule has 38 heavy (non-hydrogen) atoms. The third kappa shape index (κ3) is 5.92. The first-order chi connectivity index (χ1) is 18.4. The molecule has 0 saturated carbocycles. The number of fused-ring (bicyclic) bond motifs is 2. The molecule has 0 aliphatic rings. The molecular formula is C28H30N8O2. The smallest absolute Gasteiger partial charge is 0.138 e. The highest BCUT2D eigenvalue weighted by molar-refractivity contribution is 5.83. The molecule has 10 heteroatoms. The van der Waals surface area contributed by atoms with E-state index in [0.29, 0.717) is 38.9 Å². The number of hydrogen-bond acceptors (Lipinski definition) is 6. The Balaban J connectivity index is 1.26.